The summed E-state index contributed by atoms with van der Waals surface area (Å²) >= 11 is 1.28. The van der Waals surface area contributed by atoms with Crippen molar-refractivity contribution in [2.75, 3.05) is 12.4 Å². The number of thiazole rings is 1. The average molecular weight is 290 g/mol. The molecule has 0 fully saturated rings. The molecule has 4 nitrogen and oxygen atoms in total. The highest BCUT2D eigenvalue weighted by Crippen LogP contribution is 2.32. The summed E-state index contributed by atoms with van der Waals surface area (Å²) in [4.78, 5) is 16.1. The SMILES string of the molecule is COC(=O)c1cnc(Nc2ccccc2C(C)(C)C)s1. The minimum absolute atomic E-state index is 0.0338. The lowest BCUT2D eigenvalue weighted by molar-refractivity contribution is 0.0606. The molecule has 0 aliphatic carbocycles. The predicted molar refractivity (Wildman–Crippen MR) is 81.9 cm³/mol. The molecule has 0 atom stereocenters. The Kier molecular flexibility index (Phi) is 4.09. The molecule has 0 unspecified atom stereocenters. The number of anilines is 2. The van der Waals surface area contributed by atoms with Gasteiger partial charge in [-0.05, 0) is 17.0 Å². The minimum atomic E-state index is -0.361. The lowest BCUT2D eigenvalue weighted by Crippen LogP contribution is -2.13. The van der Waals surface area contributed by atoms with Crippen molar-refractivity contribution >= 4 is 28.1 Å². The highest BCUT2D eigenvalue weighted by atomic mass is 32.1. The first-order chi connectivity index (χ1) is 9.41. The van der Waals surface area contributed by atoms with Crippen LogP contribution in [0.5, 0.6) is 0 Å². The third-order valence-corrected chi connectivity index (χ3v) is 3.76. The van der Waals surface area contributed by atoms with Crippen molar-refractivity contribution in [3.8, 4) is 0 Å². The van der Waals surface area contributed by atoms with Crippen LogP contribution in [0.1, 0.15) is 36.0 Å². The molecule has 0 saturated carbocycles. The maximum Gasteiger partial charge on any atom is 0.349 e. The Hall–Kier alpha value is -1.88. The predicted octanol–water partition coefficient (Wildman–Crippen LogP) is 3.97. The first kappa shape index (κ1) is 14.5. The molecule has 1 aromatic carbocycles. The molecule has 1 aromatic heterocycles. The van der Waals surface area contributed by atoms with Crippen LogP contribution in [0, 0.1) is 0 Å². The van der Waals surface area contributed by atoms with Crippen molar-refractivity contribution in [1.82, 2.24) is 4.98 Å². The van der Waals surface area contributed by atoms with Crippen molar-refractivity contribution in [3.63, 3.8) is 0 Å². The summed E-state index contributed by atoms with van der Waals surface area (Å²) in [6, 6.07) is 8.11. The molecule has 0 aliphatic heterocycles. The summed E-state index contributed by atoms with van der Waals surface area (Å²) in [5, 5.41) is 3.96. The molecular formula is C15H18N2O2S. The summed E-state index contributed by atoms with van der Waals surface area (Å²) in [5.41, 5.74) is 2.24. The highest BCUT2D eigenvalue weighted by molar-refractivity contribution is 7.17. The van der Waals surface area contributed by atoms with Crippen molar-refractivity contribution < 1.29 is 9.53 Å². The summed E-state index contributed by atoms with van der Waals surface area (Å²) in [7, 11) is 1.37. The van der Waals surface area contributed by atoms with E-state index in [1.807, 2.05) is 18.2 Å². The van der Waals surface area contributed by atoms with E-state index in [9.17, 15) is 4.79 Å². The topological polar surface area (TPSA) is 51.2 Å². The van der Waals surface area contributed by atoms with Crippen LogP contribution in [0.3, 0.4) is 0 Å². The number of hydrogen-bond acceptors (Lipinski definition) is 5. The number of benzene rings is 1. The van der Waals surface area contributed by atoms with Gasteiger partial charge in [-0.15, -0.1) is 0 Å². The van der Waals surface area contributed by atoms with Gasteiger partial charge in [-0.3, -0.25) is 0 Å². The van der Waals surface area contributed by atoms with Gasteiger partial charge in [-0.25, -0.2) is 9.78 Å². The van der Waals surface area contributed by atoms with E-state index in [2.05, 4.69) is 41.9 Å². The van der Waals surface area contributed by atoms with Crippen LogP contribution in [0.15, 0.2) is 30.5 Å². The quantitative estimate of drug-likeness (QED) is 0.869. The molecule has 0 radical (unpaired) electrons. The van der Waals surface area contributed by atoms with E-state index >= 15 is 0 Å². The molecule has 0 bridgehead atoms. The van der Waals surface area contributed by atoms with Gasteiger partial charge in [0.25, 0.3) is 0 Å². The fourth-order valence-corrected chi connectivity index (χ4v) is 2.63. The number of aromatic nitrogens is 1. The van der Waals surface area contributed by atoms with Gasteiger partial charge in [0.2, 0.25) is 0 Å². The largest absolute Gasteiger partial charge is 0.465 e. The summed E-state index contributed by atoms with van der Waals surface area (Å²) < 4.78 is 4.68. The summed E-state index contributed by atoms with van der Waals surface area (Å²) in [6.45, 7) is 6.49. The normalized spacial score (nSPS) is 11.2. The van der Waals surface area contributed by atoms with Gasteiger partial charge in [-0.1, -0.05) is 50.3 Å². The number of nitrogens with one attached hydrogen (secondary N) is 1. The Morgan fingerprint density at radius 3 is 2.65 bits per heavy atom. The van der Waals surface area contributed by atoms with Crippen LogP contribution in [-0.2, 0) is 10.2 Å². The van der Waals surface area contributed by atoms with Crippen LogP contribution in [-0.4, -0.2) is 18.1 Å². The van der Waals surface area contributed by atoms with Crippen molar-refractivity contribution in [3.05, 3.63) is 40.9 Å². The number of esters is 1. The second-order valence-electron chi connectivity index (χ2n) is 5.44. The first-order valence-electron chi connectivity index (χ1n) is 6.32. The molecule has 0 amide bonds. The molecule has 20 heavy (non-hydrogen) atoms. The molecule has 106 valence electrons. The number of methoxy groups -OCH3 is 1. The third-order valence-electron chi connectivity index (χ3n) is 2.87. The Morgan fingerprint density at radius 2 is 2.00 bits per heavy atom. The molecular weight excluding hydrogens is 272 g/mol. The molecule has 0 spiro atoms. The van der Waals surface area contributed by atoms with Crippen molar-refractivity contribution in [1.29, 1.82) is 0 Å². The molecule has 5 heteroatoms. The molecule has 2 aromatic rings. The first-order valence-corrected chi connectivity index (χ1v) is 7.14. The number of para-hydroxylation sites is 1. The smallest absolute Gasteiger partial charge is 0.349 e. The molecule has 2 rings (SSSR count). The van der Waals surface area contributed by atoms with Crippen LogP contribution in [0.4, 0.5) is 10.8 Å². The molecule has 0 aliphatic rings. The van der Waals surface area contributed by atoms with Gasteiger partial charge in [0.05, 0.1) is 13.3 Å². The lowest BCUT2D eigenvalue weighted by Gasteiger charge is -2.22. The zero-order valence-corrected chi connectivity index (χ0v) is 12.9. The fraction of sp³-hybridized carbons (Fsp3) is 0.333. The summed E-state index contributed by atoms with van der Waals surface area (Å²) in [6.07, 6.45) is 1.53. The molecule has 1 N–H and O–H groups in total. The summed E-state index contributed by atoms with van der Waals surface area (Å²) in [5.74, 6) is -0.361. The van der Waals surface area contributed by atoms with E-state index in [4.69, 9.17) is 0 Å². The fourth-order valence-electron chi connectivity index (χ4n) is 1.89. The minimum Gasteiger partial charge on any atom is -0.465 e. The Labute approximate surface area is 122 Å². The van der Waals surface area contributed by atoms with Crippen LogP contribution in [0.2, 0.25) is 0 Å². The molecule has 1 heterocycles. The monoisotopic (exact) mass is 290 g/mol. The van der Waals surface area contributed by atoms with E-state index in [0.29, 0.717) is 10.0 Å². The number of rotatable bonds is 3. The van der Waals surface area contributed by atoms with Crippen molar-refractivity contribution in [2.45, 2.75) is 26.2 Å². The van der Waals surface area contributed by atoms with Gasteiger partial charge in [0.1, 0.15) is 4.88 Å². The molecule has 0 saturated heterocycles. The maximum absolute atomic E-state index is 11.4. The van der Waals surface area contributed by atoms with Gasteiger partial charge in [0, 0.05) is 5.69 Å². The number of carbonyl (C=O) groups excluding carboxylic acids is 1. The van der Waals surface area contributed by atoms with E-state index in [1.165, 1.54) is 30.2 Å². The van der Waals surface area contributed by atoms with Gasteiger partial charge >= 0.3 is 5.97 Å². The standard InChI is InChI=1S/C15H18N2O2S/c1-15(2,3)10-7-5-6-8-11(10)17-14-16-9-12(20-14)13(18)19-4/h5-9H,1-4H3,(H,16,17). The van der Waals surface area contributed by atoms with Gasteiger partial charge < -0.3 is 10.1 Å². The Morgan fingerprint density at radius 1 is 1.30 bits per heavy atom. The van der Waals surface area contributed by atoms with Crippen molar-refractivity contribution in [2.24, 2.45) is 0 Å². The van der Waals surface area contributed by atoms with Crippen LogP contribution in [0.25, 0.3) is 0 Å². The van der Waals surface area contributed by atoms with E-state index in [0.717, 1.165) is 5.69 Å². The van der Waals surface area contributed by atoms with Crippen LogP contribution >= 0.6 is 11.3 Å². The Bertz CT molecular complexity index is 614. The van der Waals surface area contributed by atoms with Gasteiger partial charge in [0.15, 0.2) is 5.13 Å². The number of hydrogen-bond donors (Lipinski definition) is 1. The third kappa shape index (κ3) is 3.17. The second kappa shape index (κ2) is 5.63. The zero-order chi connectivity index (χ0) is 14.8. The maximum atomic E-state index is 11.4. The highest BCUT2D eigenvalue weighted by Gasteiger charge is 2.18. The second-order valence-corrected chi connectivity index (χ2v) is 6.47. The zero-order valence-electron chi connectivity index (χ0n) is 12.1. The van der Waals surface area contributed by atoms with Gasteiger partial charge in [-0.2, -0.15) is 0 Å². The van der Waals surface area contributed by atoms with Crippen LogP contribution < -0.4 is 5.32 Å². The lowest BCUT2D eigenvalue weighted by atomic mass is 9.86. The Balaban J connectivity index is 2.27. The number of ether oxygens (including phenoxy) is 1. The average Bonchev–Trinajstić information content (AvgIpc) is 2.86. The van der Waals surface area contributed by atoms with E-state index in [1.54, 1.807) is 0 Å². The number of carbonyl (C=O) groups is 1. The van der Waals surface area contributed by atoms with E-state index in [-0.39, 0.29) is 11.4 Å². The van der Waals surface area contributed by atoms with E-state index < -0.39 is 0 Å². The number of nitrogens with zero attached hydrogens (tertiary/aromatic N) is 1.